The normalized spacial score (nSPS) is 18.0. The predicted octanol–water partition coefficient (Wildman–Crippen LogP) is 4.32. The minimum absolute atomic E-state index is 0.00907. The molecule has 0 radical (unpaired) electrons. The molecule has 1 saturated heterocycles. The van der Waals surface area contributed by atoms with Crippen LogP contribution >= 0.6 is 0 Å². The molecule has 1 heterocycles. The summed E-state index contributed by atoms with van der Waals surface area (Å²) < 4.78 is 64.8. The molecule has 1 fully saturated rings. The van der Waals surface area contributed by atoms with Crippen LogP contribution < -0.4 is 5.32 Å². The van der Waals surface area contributed by atoms with Gasteiger partial charge in [0.15, 0.2) is 0 Å². The molecular weight excluding hydrogens is 429 g/mol. The minimum Gasteiger partial charge on any atom is -0.326 e. The molecule has 168 valence electrons. The van der Waals surface area contributed by atoms with Gasteiger partial charge in [0.2, 0.25) is 15.9 Å². The van der Waals surface area contributed by atoms with Gasteiger partial charge in [-0.05, 0) is 55.5 Å². The van der Waals surface area contributed by atoms with E-state index in [4.69, 9.17) is 0 Å². The lowest BCUT2D eigenvalue weighted by Gasteiger charge is -2.31. The largest absolute Gasteiger partial charge is 0.416 e. The Morgan fingerprint density at radius 1 is 1.06 bits per heavy atom. The summed E-state index contributed by atoms with van der Waals surface area (Å²) in [5.41, 5.74) is 0.530. The van der Waals surface area contributed by atoms with Gasteiger partial charge in [0.25, 0.3) is 0 Å². The van der Waals surface area contributed by atoms with Crippen molar-refractivity contribution in [2.45, 2.75) is 31.9 Å². The Morgan fingerprint density at radius 3 is 2.39 bits per heavy atom. The van der Waals surface area contributed by atoms with Gasteiger partial charge in [0.1, 0.15) is 0 Å². The number of benzene rings is 2. The van der Waals surface area contributed by atoms with Gasteiger partial charge in [-0.15, -0.1) is 0 Å². The van der Waals surface area contributed by atoms with E-state index in [9.17, 15) is 26.4 Å². The van der Waals surface area contributed by atoms with E-state index in [1.165, 1.54) is 16.4 Å². The summed E-state index contributed by atoms with van der Waals surface area (Å²) in [5, 5.41) is 2.60. The molecule has 2 aromatic rings. The lowest BCUT2D eigenvalue weighted by atomic mass is 9.98. The first-order valence-corrected chi connectivity index (χ1v) is 11.8. The Morgan fingerprint density at radius 2 is 1.74 bits per heavy atom. The monoisotopic (exact) mass is 454 g/mol. The highest BCUT2D eigenvalue weighted by molar-refractivity contribution is 7.89. The van der Waals surface area contributed by atoms with Crippen molar-refractivity contribution in [3.63, 3.8) is 0 Å². The van der Waals surface area contributed by atoms with Gasteiger partial charge in [-0.25, -0.2) is 12.7 Å². The number of hydrogen-bond donors (Lipinski definition) is 1. The molecule has 9 heteroatoms. The van der Waals surface area contributed by atoms with Crippen LogP contribution in [0.2, 0.25) is 0 Å². The highest BCUT2D eigenvalue weighted by Gasteiger charge is 2.33. The Bertz CT molecular complexity index is 977. The summed E-state index contributed by atoms with van der Waals surface area (Å²) >= 11 is 0. The van der Waals surface area contributed by atoms with Crippen molar-refractivity contribution in [2.24, 2.45) is 5.92 Å². The number of sulfonamides is 1. The van der Waals surface area contributed by atoms with Gasteiger partial charge in [-0.2, -0.15) is 13.2 Å². The molecule has 1 amide bonds. The van der Waals surface area contributed by atoms with E-state index in [1.807, 2.05) is 30.3 Å². The van der Waals surface area contributed by atoms with Crippen molar-refractivity contribution in [3.8, 4) is 0 Å². The van der Waals surface area contributed by atoms with E-state index in [0.29, 0.717) is 32.2 Å². The molecule has 0 aliphatic carbocycles. The third kappa shape index (κ3) is 6.54. The summed E-state index contributed by atoms with van der Waals surface area (Å²) in [7, 11) is -3.49. The highest BCUT2D eigenvalue weighted by Crippen LogP contribution is 2.30. The molecular formula is C22H25F3N2O3S. The van der Waals surface area contributed by atoms with E-state index in [0.717, 1.165) is 17.7 Å². The Hall–Kier alpha value is -2.39. The fraction of sp³-hybridized carbons (Fsp3) is 0.409. The smallest absolute Gasteiger partial charge is 0.326 e. The molecule has 0 bridgehead atoms. The Labute approximate surface area is 180 Å². The molecule has 0 aromatic heterocycles. The third-order valence-corrected chi connectivity index (χ3v) is 7.26. The number of rotatable bonds is 7. The molecule has 3 rings (SSSR count). The molecule has 1 aliphatic heterocycles. The SMILES string of the molecule is O=C(Nc1ccc(C(F)(F)F)cc1)[C@H]1CCCN(S(=O)(=O)CCCc2ccccc2)C1. The number of nitrogens with zero attached hydrogens (tertiary/aromatic N) is 1. The zero-order chi connectivity index (χ0) is 22.5. The van der Waals surface area contributed by atoms with Crippen molar-refractivity contribution < 1.29 is 26.4 Å². The Kier molecular flexibility index (Phi) is 7.38. The van der Waals surface area contributed by atoms with Crippen molar-refractivity contribution >= 4 is 21.6 Å². The fourth-order valence-corrected chi connectivity index (χ4v) is 5.21. The van der Waals surface area contributed by atoms with Crippen molar-refractivity contribution in [1.29, 1.82) is 0 Å². The Balaban J connectivity index is 1.54. The van der Waals surface area contributed by atoms with E-state index < -0.39 is 27.7 Å². The molecule has 0 spiro atoms. The number of carbonyl (C=O) groups excluding carboxylic acids is 1. The van der Waals surface area contributed by atoms with E-state index in [1.54, 1.807) is 0 Å². The number of alkyl halides is 3. The summed E-state index contributed by atoms with van der Waals surface area (Å²) in [6, 6.07) is 13.8. The first-order chi connectivity index (χ1) is 14.6. The topological polar surface area (TPSA) is 66.5 Å². The standard InChI is InChI=1S/C22H25F3N2O3S/c23-22(24,25)19-10-12-20(13-11-19)26-21(28)18-9-4-14-27(16-18)31(29,30)15-5-8-17-6-2-1-3-7-17/h1-3,6-7,10-13,18H,4-5,8-9,14-16H2,(H,26,28)/t18-/m0/s1. The van der Waals surface area contributed by atoms with Crippen LogP contribution in [0.5, 0.6) is 0 Å². The first-order valence-electron chi connectivity index (χ1n) is 10.1. The lowest BCUT2D eigenvalue weighted by Crippen LogP contribution is -2.44. The molecule has 2 aromatic carbocycles. The third-order valence-electron chi connectivity index (χ3n) is 5.34. The summed E-state index contributed by atoms with van der Waals surface area (Å²) in [6.45, 7) is 0.456. The van der Waals surface area contributed by atoms with Crippen LogP contribution in [0.15, 0.2) is 54.6 Å². The van der Waals surface area contributed by atoms with Crippen LogP contribution in [0.25, 0.3) is 0 Å². The second-order valence-corrected chi connectivity index (χ2v) is 9.76. The first kappa shape index (κ1) is 23.3. The van der Waals surface area contributed by atoms with Gasteiger partial charge in [0.05, 0.1) is 17.2 Å². The maximum absolute atomic E-state index is 12.7. The average molecular weight is 455 g/mol. The van der Waals surface area contributed by atoms with E-state index in [-0.39, 0.29) is 23.9 Å². The second kappa shape index (κ2) is 9.82. The molecule has 0 saturated carbocycles. The van der Waals surface area contributed by atoms with Crippen molar-refractivity contribution in [1.82, 2.24) is 4.31 Å². The summed E-state index contributed by atoms with van der Waals surface area (Å²) in [6.07, 6.45) is -2.20. The van der Waals surface area contributed by atoms with Crippen LogP contribution in [-0.2, 0) is 27.4 Å². The second-order valence-electron chi connectivity index (χ2n) is 7.67. The molecule has 5 nitrogen and oxygen atoms in total. The number of aryl methyl sites for hydroxylation is 1. The summed E-state index contributed by atoms with van der Waals surface area (Å²) in [5.74, 6) is -0.918. The minimum atomic E-state index is -4.44. The highest BCUT2D eigenvalue weighted by atomic mass is 32.2. The molecule has 1 N–H and O–H groups in total. The molecule has 31 heavy (non-hydrogen) atoms. The van der Waals surface area contributed by atoms with Gasteiger partial charge < -0.3 is 5.32 Å². The molecule has 1 aliphatic rings. The van der Waals surface area contributed by atoms with Gasteiger partial charge >= 0.3 is 6.18 Å². The summed E-state index contributed by atoms with van der Waals surface area (Å²) in [4.78, 5) is 12.6. The number of hydrogen-bond acceptors (Lipinski definition) is 3. The maximum Gasteiger partial charge on any atom is 0.416 e. The van der Waals surface area contributed by atoms with Crippen molar-refractivity contribution in [3.05, 3.63) is 65.7 Å². The average Bonchev–Trinajstić information content (AvgIpc) is 2.74. The number of amides is 1. The number of piperidine rings is 1. The van der Waals surface area contributed by atoms with Gasteiger partial charge in [0, 0.05) is 18.8 Å². The van der Waals surface area contributed by atoms with Crippen LogP contribution in [-0.4, -0.2) is 37.5 Å². The van der Waals surface area contributed by atoms with Crippen LogP contribution in [0.3, 0.4) is 0 Å². The number of halogens is 3. The van der Waals surface area contributed by atoms with Gasteiger partial charge in [-0.1, -0.05) is 30.3 Å². The van der Waals surface area contributed by atoms with E-state index in [2.05, 4.69) is 5.32 Å². The molecule has 1 atom stereocenters. The zero-order valence-electron chi connectivity index (χ0n) is 16.9. The predicted molar refractivity (Wildman–Crippen MR) is 113 cm³/mol. The maximum atomic E-state index is 12.7. The van der Waals surface area contributed by atoms with Crippen LogP contribution in [0.4, 0.5) is 18.9 Å². The van der Waals surface area contributed by atoms with Crippen LogP contribution in [0.1, 0.15) is 30.4 Å². The van der Waals surface area contributed by atoms with Gasteiger partial charge in [-0.3, -0.25) is 4.79 Å². The molecule has 0 unspecified atom stereocenters. The van der Waals surface area contributed by atoms with E-state index >= 15 is 0 Å². The lowest BCUT2D eigenvalue weighted by molar-refractivity contribution is -0.137. The number of anilines is 1. The fourth-order valence-electron chi connectivity index (χ4n) is 3.63. The quantitative estimate of drug-likeness (QED) is 0.678. The van der Waals surface area contributed by atoms with Crippen LogP contribution in [0, 0.1) is 5.92 Å². The number of carbonyl (C=O) groups is 1. The zero-order valence-corrected chi connectivity index (χ0v) is 17.8. The number of nitrogens with one attached hydrogen (secondary N) is 1. The van der Waals surface area contributed by atoms with Crippen molar-refractivity contribution in [2.75, 3.05) is 24.2 Å².